The first kappa shape index (κ1) is 12.9. The lowest BCUT2D eigenvalue weighted by Gasteiger charge is -2.18. The normalized spacial score (nSPS) is 14.2. The van der Waals surface area contributed by atoms with Crippen molar-refractivity contribution in [3.8, 4) is 5.75 Å². The first-order chi connectivity index (χ1) is 8.66. The van der Waals surface area contributed by atoms with E-state index in [-0.39, 0.29) is 18.6 Å². The number of pyridine rings is 1. The summed E-state index contributed by atoms with van der Waals surface area (Å²) in [5, 5.41) is 2.81. The van der Waals surface area contributed by atoms with Crippen molar-refractivity contribution in [2.24, 2.45) is 0 Å². The van der Waals surface area contributed by atoms with Crippen LogP contribution in [-0.4, -0.2) is 23.5 Å². The van der Waals surface area contributed by atoms with E-state index >= 15 is 0 Å². The molecule has 1 N–H and O–H groups in total. The summed E-state index contributed by atoms with van der Waals surface area (Å²) in [7, 11) is 0. The highest BCUT2D eigenvalue weighted by Gasteiger charge is 2.15. The van der Waals surface area contributed by atoms with Crippen molar-refractivity contribution < 1.29 is 9.53 Å². The van der Waals surface area contributed by atoms with Crippen LogP contribution in [0.1, 0.15) is 37.9 Å². The van der Waals surface area contributed by atoms with E-state index in [9.17, 15) is 4.79 Å². The zero-order valence-electron chi connectivity index (χ0n) is 11.0. The smallest absolute Gasteiger partial charge is 0.258 e. The molecule has 4 heteroatoms. The molecule has 0 unspecified atom stereocenters. The fraction of sp³-hybridized carbons (Fsp3) is 0.571. The number of ether oxygens (including phenoxy) is 1. The van der Waals surface area contributed by atoms with Crippen molar-refractivity contribution in [3.05, 3.63) is 23.5 Å². The summed E-state index contributed by atoms with van der Waals surface area (Å²) in [6, 6.07) is 2.00. The molecule has 1 heterocycles. The minimum Gasteiger partial charge on any atom is -0.483 e. The first-order valence-corrected chi connectivity index (χ1v) is 6.55. The number of hydrogen-bond donors (Lipinski definition) is 1. The fourth-order valence-corrected chi connectivity index (χ4v) is 2.23. The molecule has 1 aromatic rings. The van der Waals surface area contributed by atoms with E-state index in [4.69, 9.17) is 4.74 Å². The van der Waals surface area contributed by atoms with Crippen molar-refractivity contribution >= 4 is 5.91 Å². The first-order valence-electron chi connectivity index (χ1n) is 6.55. The molecule has 1 aliphatic rings. The molecule has 0 bridgehead atoms. The minimum absolute atomic E-state index is 0.0774. The lowest BCUT2D eigenvalue weighted by atomic mass is 9.95. The third-order valence-corrected chi connectivity index (χ3v) is 3.00. The molecular formula is C14H20N2O2. The van der Waals surface area contributed by atoms with Gasteiger partial charge in [0.2, 0.25) is 0 Å². The monoisotopic (exact) mass is 248 g/mol. The highest BCUT2D eigenvalue weighted by molar-refractivity contribution is 5.77. The van der Waals surface area contributed by atoms with Crippen LogP contribution in [0.15, 0.2) is 12.3 Å². The molecule has 0 saturated heterocycles. The second-order valence-electron chi connectivity index (χ2n) is 4.95. The van der Waals surface area contributed by atoms with Crippen LogP contribution in [0, 0.1) is 0 Å². The molecule has 98 valence electrons. The lowest BCUT2D eigenvalue weighted by Crippen LogP contribution is -2.34. The van der Waals surface area contributed by atoms with Gasteiger partial charge in [-0.1, -0.05) is 0 Å². The molecular weight excluding hydrogens is 228 g/mol. The molecule has 1 aromatic heterocycles. The van der Waals surface area contributed by atoms with Gasteiger partial charge >= 0.3 is 0 Å². The van der Waals surface area contributed by atoms with Gasteiger partial charge in [0.1, 0.15) is 5.75 Å². The molecule has 1 aliphatic carbocycles. The standard InChI is InChI=1S/C14H20N2O2/c1-10(2)16-14(17)9-18-13-7-8-15-12-6-4-3-5-11(12)13/h7-8,10H,3-6,9H2,1-2H3,(H,16,17). The highest BCUT2D eigenvalue weighted by atomic mass is 16.5. The van der Waals surface area contributed by atoms with E-state index in [1.807, 2.05) is 19.9 Å². The molecule has 0 saturated carbocycles. The predicted octanol–water partition coefficient (Wildman–Crippen LogP) is 1.86. The Balaban J connectivity index is 1.99. The van der Waals surface area contributed by atoms with Crippen molar-refractivity contribution in [1.29, 1.82) is 0 Å². The Bertz CT molecular complexity index is 430. The molecule has 0 aromatic carbocycles. The number of nitrogens with zero attached hydrogens (tertiary/aromatic N) is 1. The van der Waals surface area contributed by atoms with Crippen LogP contribution in [0.3, 0.4) is 0 Å². The number of aromatic nitrogens is 1. The van der Waals surface area contributed by atoms with E-state index in [0.29, 0.717) is 0 Å². The molecule has 1 amide bonds. The van der Waals surface area contributed by atoms with E-state index in [0.717, 1.165) is 24.3 Å². The number of hydrogen-bond acceptors (Lipinski definition) is 3. The van der Waals surface area contributed by atoms with Gasteiger partial charge in [-0.25, -0.2) is 0 Å². The van der Waals surface area contributed by atoms with Crippen LogP contribution in [0.25, 0.3) is 0 Å². The zero-order chi connectivity index (χ0) is 13.0. The minimum atomic E-state index is -0.0774. The summed E-state index contributed by atoms with van der Waals surface area (Å²) >= 11 is 0. The number of fused-ring (bicyclic) bond motifs is 1. The molecule has 2 rings (SSSR count). The summed E-state index contributed by atoms with van der Waals surface area (Å²) < 4.78 is 5.62. The van der Waals surface area contributed by atoms with E-state index < -0.39 is 0 Å². The van der Waals surface area contributed by atoms with Crippen molar-refractivity contribution in [2.75, 3.05) is 6.61 Å². The van der Waals surface area contributed by atoms with Gasteiger partial charge in [0.15, 0.2) is 6.61 Å². The number of rotatable bonds is 4. The van der Waals surface area contributed by atoms with Crippen molar-refractivity contribution in [3.63, 3.8) is 0 Å². The number of aryl methyl sites for hydroxylation is 1. The molecule has 0 fully saturated rings. The lowest BCUT2D eigenvalue weighted by molar-refractivity contribution is -0.123. The van der Waals surface area contributed by atoms with Gasteiger partial charge in [0, 0.05) is 23.5 Å². The average molecular weight is 248 g/mol. The van der Waals surface area contributed by atoms with Crippen LogP contribution in [-0.2, 0) is 17.6 Å². The third-order valence-electron chi connectivity index (χ3n) is 3.00. The molecule has 0 spiro atoms. The van der Waals surface area contributed by atoms with Crippen LogP contribution in [0.4, 0.5) is 0 Å². The number of amides is 1. The topological polar surface area (TPSA) is 51.2 Å². The molecule has 0 radical (unpaired) electrons. The molecule has 4 nitrogen and oxygen atoms in total. The molecule has 18 heavy (non-hydrogen) atoms. The van der Waals surface area contributed by atoms with Crippen molar-refractivity contribution in [1.82, 2.24) is 10.3 Å². The Hall–Kier alpha value is -1.58. The number of carbonyl (C=O) groups is 1. The Morgan fingerprint density at radius 2 is 2.22 bits per heavy atom. The van der Waals surface area contributed by atoms with Gasteiger partial charge in [-0.2, -0.15) is 0 Å². The largest absolute Gasteiger partial charge is 0.483 e. The zero-order valence-corrected chi connectivity index (χ0v) is 11.0. The summed E-state index contributed by atoms with van der Waals surface area (Å²) in [4.78, 5) is 15.9. The van der Waals surface area contributed by atoms with Crippen LogP contribution in [0.2, 0.25) is 0 Å². The quantitative estimate of drug-likeness (QED) is 0.885. The highest BCUT2D eigenvalue weighted by Crippen LogP contribution is 2.27. The van der Waals surface area contributed by atoms with E-state index in [1.54, 1.807) is 6.20 Å². The molecule has 0 aliphatic heterocycles. The summed E-state index contributed by atoms with van der Waals surface area (Å²) in [6.45, 7) is 3.95. The average Bonchev–Trinajstić information content (AvgIpc) is 2.35. The summed E-state index contributed by atoms with van der Waals surface area (Å²) in [5.41, 5.74) is 2.31. The Morgan fingerprint density at radius 3 is 3.00 bits per heavy atom. The van der Waals surface area contributed by atoms with Crippen LogP contribution in [0.5, 0.6) is 5.75 Å². The maximum absolute atomic E-state index is 11.5. The maximum Gasteiger partial charge on any atom is 0.258 e. The number of carbonyl (C=O) groups excluding carboxylic acids is 1. The third kappa shape index (κ3) is 3.22. The second kappa shape index (κ2) is 5.85. The van der Waals surface area contributed by atoms with Crippen molar-refractivity contribution in [2.45, 2.75) is 45.6 Å². The Labute approximate surface area is 108 Å². The van der Waals surface area contributed by atoms with Crippen LogP contribution >= 0.6 is 0 Å². The van der Waals surface area contributed by atoms with Gasteiger partial charge in [-0.3, -0.25) is 9.78 Å². The van der Waals surface area contributed by atoms with Gasteiger partial charge < -0.3 is 10.1 Å². The fourth-order valence-electron chi connectivity index (χ4n) is 2.23. The second-order valence-corrected chi connectivity index (χ2v) is 4.95. The molecule has 0 atom stereocenters. The van der Waals surface area contributed by atoms with Crippen LogP contribution < -0.4 is 10.1 Å². The Morgan fingerprint density at radius 1 is 1.44 bits per heavy atom. The maximum atomic E-state index is 11.5. The predicted molar refractivity (Wildman–Crippen MR) is 69.7 cm³/mol. The SMILES string of the molecule is CC(C)NC(=O)COc1ccnc2c1CCCC2. The van der Waals surface area contributed by atoms with Gasteiger partial charge in [0.25, 0.3) is 5.91 Å². The van der Waals surface area contributed by atoms with Gasteiger partial charge in [-0.05, 0) is 45.6 Å². The Kier molecular flexibility index (Phi) is 4.18. The number of nitrogens with one attached hydrogen (secondary N) is 1. The van der Waals surface area contributed by atoms with E-state index in [1.165, 1.54) is 18.4 Å². The van der Waals surface area contributed by atoms with E-state index in [2.05, 4.69) is 10.3 Å². The summed E-state index contributed by atoms with van der Waals surface area (Å²) in [5.74, 6) is 0.741. The summed E-state index contributed by atoms with van der Waals surface area (Å²) in [6.07, 6.45) is 6.15. The van der Waals surface area contributed by atoms with Gasteiger partial charge in [-0.15, -0.1) is 0 Å². The van der Waals surface area contributed by atoms with Gasteiger partial charge in [0.05, 0.1) is 0 Å².